The number of amides is 1. The maximum atomic E-state index is 12.8. The van der Waals surface area contributed by atoms with Crippen LogP contribution in [0.2, 0.25) is 0 Å². The van der Waals surface area contributed by atoms with Gasteiger partial charge >= 0.3 is 0 Å². The first-order valence-electron chi connectivity index (χ1n) is 10.0. The van der Waals surface area contributed by atoms with Crippen molar-refractivity contribution in [2.75, 3.05) is 12.1 Å². The number of rotatable bonds is 4. The highest BCUT2D eigenvalue weighted by Crippen LogP contribution is 2.36. The first-order valence-corrected chi connectivity index (χ1v) is 10.0. The molecular formula is C22H23N5O3. The maximum Gasteiger partial charge on any atom is 0.231 e. The maximum absolute atomic E-state index is 12.8. The standard InChI is InChI=1S/C22H23N5O3/c1-12-15-9-18-19(30-11-29-18)10-17(15)25-21(23-12)27-22-24-13(2)16(20(28)26-22)8-14-6-4-3-5-7-14/h3-7,9-10,13,16,22,24H,8,11H2,1-2H3,(H,26,28)(H,23,25,27). The molecule has 3 heterocycles. The Morgan fingerprint density at radius 1 is 1.13 bits per heavy atom. The third kappa shape index (κ3) is 3.50. The fourth-order valence-electron chi connectivity index (χ4n) is 3.98. The summed E-state index contributed by atoms with van der Waals surface area (Å²) in [7, 11) is 0. The Hall–Kier alpha value is -3.39. The normalized spacial score (nSPS) is 22.7. The topological polar surface area (TPSA) is 97.4 Å². The van der Waals surface area contributed by atoms with E-state index in [9.17, 15) is 4.79 Å². The molecule has 3 aromatic rings. The quantitative estimate of drug-likeness (QED) is 0.613. The van der Waals surface area contributed by atoms with E-state index in [1.165, 1.54) is 0 Å². The van der Waals surface area contributed by atoms with E-state index in [1.807, 2.05) is 56.3 Å². The van der Waals surface area contributed by atoms with Gasteiger partial charge < -0.3 is 20.1 Å². The minimum Gasteiger partial charge on any atom is -0.454 e. The van der Waals surface area contributed by atoms with Crippen molar-refractivity contribution >= 4 is 22.8 Å². The lowest BCUT2D eigenvalue weighted by molar-refractivity contribution is -0.128. The molecule has 154 valence electrons. The van der Waals surface area contributed by atoms with Crippen LogP contribution in [0, 0.1) is 12.8 Å². The van der Waals surface area contributed by atoms with E-state index in [0.29, 0.717) is 23.9 Å². The smallest absolute Gasteiger partial charge is 0.231 e. The lowest BCUT2D eigenvalue weighted by atomic mass is 9.91. The number of carbonyl (C=O) groups excluding carboxylic acids is 1. The molecular weight excluding hydrogens is 382 g/mol. The summed E-state index contributed by atoms with van der Waals surface area (Å²) in [5, 5.41) is 10.5. The van der Waals surface area contributed by atoms with Gasteiger partial charge in [-0.25, -0.2) is 9.97 Å². The van der Waals surface area contributed by atoms with Crippen molar-refractivity contribution in [3.05, 3.63) is 53.7 Å². The predicted octanol–water partition coefficient (Wildman–Crippen LogP) is 2.33. The number of hydrogen-bond donors (Lipinski definition) is 3. The molecule has 0 aliphatic carbocycles. The molecule has 5 rings (SSSR count). The van der Waals surface area contributed by atoms with Gasteiger partial charge in [0, 0.05) is 17.5 Å². The monoisotopic (exact) mass is 405 g/mol. The van der Waals surface area contributed by atoms with Gasteiger partial charge in [-0.3, -0.25) is 10.1 Å². The van der Waals surface area contributed by atoms with Gasteiger partial charge in [-0.2, -0.15) is 0 Å². The van der Waals surface area contributed by atoms with E-state index >= 15 is 0 Å². The fourth-order valence-corrected chi connectivity index (χ4v) is 3.98. The minimum atomic E-state index is -0.453. The molecule has 1 amide bonds. The largest absolute Gasteiger partial charge is 0.454 e. The highest BCUT2D eigenvalue weighted by Gasteiger charge is 2.33. The van der Waals surface area contributed by atoms with Gasteiger partial charge in [-0.05, 0) is 31.9 Å². The van der Waals surface area contributed by atoms with Crippen molar-refractivity contribution in [2.24, 2.45) is 5.92 Å². The summed E-state index contributed by atoms with van der Waals surface area (Å²) in [4.78, 5) is 21.9. The number of anilines is 1. The van der Waals surface area contributed by atoms with Gasteiger partial charge in [-0.1, -0.05) is 30.3 Å². The summed E-state index contributed by atoms with van der Waals surface area (Å²) >= 11 is 0. The van der Waals surface area contributed by atoms with E-state index in [2.05, 4.69) is 25.9 Å². The number of aromatic nitrogens is 2. The van der Waals surface area contributed by atoms with Gasteiger partial charge in [0.25, 0.3) is 0 Å². The first kappa shape index (κ1) is 18.6. The van der Waals surface area contributed by atoms with Gasteiger partial charge in [0.2, 0.25) is 18.6 Å². The molecule has 8 heteroatoms. The summed E-state index contributed by atoms with van der Waals surface area (Å²) in [5.74, 6) is 1.67. The molecule has 2 aromatic carbocycles. The van der Waals surface area contributed by atoms with E-state index in [0.717, 1.165) is 22.2 Å². The Morgan fingerprint density at radius 3 is 2.67 bits per heavy atom. The number of benzene rings is 2. The second kappa shape index (κ2) is 7.46. The molecule has 0 radical (unpaired) electrons. The summed E-state index contributed by atoms with van der Waals surface area (Å²) < 4.78 is 10.9. The lowest BCUT2D eigenvalue weighted by Gasteiger charge is -2.36. The van der Waals surface area contributed by atoms with Crippen LogP contribution >= 0.6 is 0 Å². The van der Waals surface area contributed by atoms with Crippen LogP contribution in [-0.2, 0) is 11.2 Å². The van der Waals surface area contributed by atoms with Crippen molar-refractivity contribution in [1.82, 2.24) is 20.6 Å². The third-order valence-electron chi connectivity index (χ3n) is 5.61. The summed E-state index contributed by atoms with van der Waals surface area (Å²) in [6, 6.07) is 13.8. The molecule has 1 aromatic heterocycles. The minimum absolute atomic E-state index is 0.00322. The molecule has 3 unspecified atom stereocenters. The van der Waals surface area contributed by atoms with Crippen LogP contribution in [0.4, 0.5) is 5.95 Å². The Labute approximate surface area is 174 Å². The zero-order chi connectivity index (χ0) is 20.7. The number of ether oxygens (including phenoxy) is 2. The SMILES string of the molecule is Cc1nc(NC2NC(=O)C(Cc3ccccc3)C(C)N2)nc2cc3c(cc12)OCO3. The highest BCUT2D eigenvalue weighted by molar-refractivity contribution is 5.86. The van der Waals surface area contributed by atoms with E-state index in [-0.39, 0.29) is 24.7 Å². The molecule has 0 bridgehead atoms. The number of nitrogens with one attached hydrogen (secondary N) is 3. The second-order valence-corrected chi connectivity index (χ2v) is 7.69. The van der Waals surface area contributed by atoms with Crippen LogP contribution in [0.1, 0.15) is 18.2 Å². The number of fused-ring (bicyclic) bond motifs is 2. The van der Waals surface area contributed by atoms with Crippen LogP contribution < -0.4 is 25.4 Å². The molecule has 3 atom stereocenters. The number of carbonyl (C=O) groups is 1. The number of hydrogen-bond acceptors (Lipinski definition) is 7. The highest BCUT2D eigenvalue weighted by atomic mass is 16.7. The van der Waals surface area contributed by atoms with Crippen molar-refractivity contribution in [2.45, 2.75) is 32.6 Å². The molecule has 30 heavy (non-hydrogen) atoms. The van der Waals surface area contributed by atoms with E-state index < -0.39 is 6.29 Å². The average Bonchev–Trinajstić information content (AvgIpc) is 3.18. The molecule has 2 aliphatic heterocycles. The molecule has 0 spiro atoms. The van der Waals surface area contributed by atoms with Crippen LogP contribution in [0.15, 0.2) is 42.5 Å². The Bertz CT molecular complexity index is 1100. The van der Waals surface area contributed by atoms with Crippen molar-refractivity contribution < 1.29 is 14.3 Å². The summed E-state index contributed by atoms with van der Waals surface area (Å²) in [5.41, 5.74) is 2.72. The van der Waals surface area contributed by atoms with Gasteiger partial charge in [0.1, 0.15) is 0 Å². The van der Waals surface area contributed by atoms with Crippen LogP contribution in [0.3, 0.4) is 0 Å². The summed E-state index contributed by atoms with van der Waals surface area (Å²) in [6.07, 6.45) is 0.233. The zero-order valence-electron chi connectivity index (χ0n) is 16.8. The molecule has 3 N–H and O–H groups in total. The molecule has 2 aliphatic rings. The molecule has 8 nitrogen and oxygen atoms in total. The van der Waals surface area contributed by atoms with Crippen molar-refractivity contribution in [3.63, 3.8) is 0 Å². The van der Waals surface area contributed by atoms with Crippen LogP contribution in [-0.4, -0.2) is 35.0 Å². The fraction of sp³-hybridized carbons (Fsp3) is 0.318. The van der Waals surface area contributed by atoms with Crippen LogP contribution in [0.25, 0.3) is 10.9 Å². The number of nitrogens with zero attached hydrogens (tertiary/aromatic N) is 2. The molecule has 0 saturated carbocycles. The summed E-state index contributed by atoms with van der Waals surface area (Å²) in [6.45, 7) is 4.15. The Morgan fingerprint density at radius 2 is 1.90 bits per heavy atom. The number of aryl methyl sites for hydroxylation is 1. The average molecular weight is 405 g/mol. The van der Waals surface area contributed by atoms with Gasteiger partial charge in [-0.15, -0.1) is 0 Å². The van der Waals surface area contributed by atoms with E-state index in [4.69, 9.17) is 9.47 Å². The molecule has 1 saturated heterocycles. The predicted molar refractivity (Wildman–Crippen MR) is 112 cm³/mol. The van der Waals surface area contributed by atoms with Crippen molar-refractivity contribution in [1.29, 1.82) is 0 Å². The van der Waals surface area contributed by atoms with Gasteiger partial charge in [0.05, 0.1) is 17.1 Å². The Kier molecular flexibility index (Phi) is 4.63. The van der Waals surface area contributed by atoms with Crippen molar-refractivity contribution in [3.8, 4) is 11.5 Å². The van der Waals surface area contributed by atoms with E-state index in [1.54, 1.807) is 0 Å². The van der Waals surface area contributed by atoms with Crippen LogP contribution in [0.5, 0.6) is 11.5 Å². The zero-order valence-corrected chi connectivity index (χ0v) is 16.8. The third-order valence-corrected chi connectivity index (χ3v) is 5.61. The molecule has 1 fully saturated rings. The second-order valence-electron chi connectivity index (χ2n) is 7.69. The van der Waals surface area contributed by atoms with Gasteiger partial charge in [0.15, 0.2) is 17.8 Å². The lowest BCUT2D eigenvalue weighted by Crippen LogP contribution is -2.63. The Balaban J connectivity index is 1.32. The first-order chi connectivity index (χ1) is 14.6.